The minimum Gasteiger partial charge on any atom is -0.371 e. The summed E-state index contributed by atoms with van der Waals surface area (Å²) in [7, 11) is 0. The summed E-state index contributed by atoms with van der Waals surface area (Å²) in [6.45, 7) is 2.17. The van der Waals surface area contributed by atoms with Crippen molar-refractivity contribution in [3.63, 3.8) is 0 Å². The fraction of sp³-hybridized carbons (Fsp3) is 0.500. The maximum Gasteiger partial charge on any atom is 0.0838 e. The molecule has 1 aromatic carbocycles. The lowest BCUT2D eigenvalue weighted by Crippen LogP contribution is -2.26. The maximum atomic E-state index is 5.94. The predicted octanol–water partition coefficient (Wildman–Crippen LogP) is 3.73. The van der Waals surface area contributed by atoms with Gasteiger partial charge in [0.2, 0.25) is 0 Å². The first kappa shape index (κ1) is 10.4. The molecule has 1 saturated heterocycles. The summed E-state index contributed by atoms with van der Waals surface area (Å²) in [4.78, 5) is 0. The normalized spacial score (nSPS) is 32.9. The predicted molar refractivity (Wildman–Crippen MR) is 66.8 cm³/mol. The summed E-state index contributed by atoms with van der Waals surface area (Å²) in [5.74, 6) is 0. The zero-order chi connectivity index (χ0) is 9.97. The summed E-state index contributed by atoms with van der Waals surface area (Å²) in [6, 6.07) is 10.5. The molecule has 1 aromatic rings. The van der Waals surface area contributed by atoms with Crippen LogP contribution in [0, 0.1) is 0 Å². The van der Waals surface area contributed by atoms with Crippen molar-refractivity contribution in [1.82, 2.24) is 0 Å². The standard InChI is InChI=1S/C12H15IO/c1-9-7-11(13)8-12(14-9)10-5-3-2-4-6-10/h2-6,9,11-12H,7-8H2,1H3. The van der Waals surface area contributed by atoms with Crippen LogP contribution in [0.15, 0.2) is 30.3 Å². The maximum absolute atomic E-state index is 5.94. The van der Waals surface area contributed by atoms with Gasteiger partial charge in [-0.3, -0.25) is 0 Å². The highest BCUT2D eigenvalue weighted by molar-refractivity contribution is 14.1. The number of halogens is 1. The van der Waals surface area contributed by atoms with E-state index in [2.05, 4.69) is 59.8 Å². The van der Waals surface area contributed by atoms with E-state index >= 15 is 0 Å². The van der Waals surface area contributed by atoms with Gasteiger partial charge in [0.1, 0.15) is 0 Å². The number of hydrogen-bond donors (Lipinski definition) is 0. The summed E-state index contributed by atoms with van der Waals surface area (Å²) >= 11 is 2.53. The minimum absolute atomic E-state index is 0.307. The van der Waals surface area contributed by atoms with Gasteiger partial charge in [0, 0.05) is 3.92 Å². The number of hydrogen-bond acceptors (Lipinski definition) is 1. The summed E-state index contributed by atoms with van der Waals surface area (Å²) < 4.78 is 6.69. The summed E-state index contributed by atoms with van der Waals surface area (Å²) in [5.41, 5.74) is 1.32. The van der Waals surface area contributed by atoms with E-state index in [1.807, 2.05) is 0 Å². The van der Waals surface area contributed by atoms with Crippen LogP contribution < -0.4 is 0 Å². The topological polar surface area (TPSA) is 9.23 Å². The van der Waals surface area contributed by atoms with E-state index in [-0.39, 0.29) is 0 Å². The van der Waals surface area contributed by atoms with Gasteiger partial charge in [-0.25, -0.2) is 0 Å². The summed E-state index contributed by atoms with van der Waals surface area (Å²) in [6.07, 6.45) is 3.04. The summed E-state index contributed by atoms with van der Waals surface area (Å²) in [5, 5.41) is 0. The molecule has 0 radical (unpaired) electrons. The first-order valence-corrected chi connectivity index (χ1v) is 6.34. The molecule has 1 fully saturated rings. The second-order valence-electron chi connectivity index (χ2n) is 3.91. The van der Waals surface area contributed by atoms with E-state index in [4.69, 9.17) is 4.74 Å². The van der Waals surface area contributed by atoms with Gasteiger partial charge < -0.3 is 4.74 Å². The van der Waals surface area contributed by atoms with E-state index in [1.54, 1.807) is 0 Å². The Morgan fingerprint density at radius 3 is 2.57 bits per heavy atom. The lowest BCUT2D eigenvalue weighted by molar-refractivity contribution is -0.0368. The second-order valence-corrected chi connectivity index (χ2v) is 5.68. The molecule has 1 aliphatic rings. The molecule has 76 valence electrons. The van der Waals surface area contributed by atoms with Crippen molar-refractivity contribution in [2.75, 3.05) is 0 Å². The molecule has 0 amide bonds. The second kappa shape index (κ2) is 4.62. The third kappa shape index (κ3) is 2.48. The van der Waals surface area contributed by atoms with Crippen molar-refractivity contribution in [1.29, 1.82) is 0 Å². The molecule has 0 saturated carbocycles. The number of ether oxygens (including phenoxy) is 1. The smallest absolute Gasteiger partial charge is 0.0838 e. The lowest BCUT2D eigenvalue weighted by atomic mass is 9.99. The van der Waals surface area contributed by atoms with Crippen molar-refractivity contribution in [2.45, 2.75) is 35.9 Å². The highest BCUT2D eigenvalue weighted by atomic mass is 127. The molecule has 1 heterocycles. The largest absolute Gasteiger partial charge is 0.371 e. The van der Waals surface area contributed by atoms with Crippen molar-refractivity contribution in [2.24, 2.45) is 0 Å². The zero-order valence-corrected chi connectivity index (χ0v) is 10.5. The lowest BCUT2D eigenvalue weighted by Gasteiger charge is -2.31. The van der Waals surface area contributed by atoms with Gasteiger partial charge in [-0.05, 0) is 25.3 Å². The van der Waals surface area contributed by atoms with Gasteiger partial charge in [0.25, 0.3) is 0 Å². The third-order valence-corrected chi connectivity index (χ3v) is 3.64. The molecular formula is C12H15IO. The molecule has 0 aliphatic carbocycles. The average Bonchev–Trinajstić information content (AvgIpc) is 2.18. The van der Waals surface area contributed by atoms with Crippen LogP contribution in [-0.2, 0) is 4.74 Å². The van der Waals surface area contributed by atoms with Gasteiger partial charge in [-0.1, -0.05) is 52.9 Å². The molecule has 2 heteroatoms. The molecule has 0 N–H and O–H groups in total. The van der Waals surface area contributed by atoms with E-state index < -0.39 is 0 Å². The van der Waals surface area contributed by atoms with E-state index in [0.717, 1.165) is 10.3 Å². The monoisotopic (exact) mass is 302 g/mol. The fourth-order valence-corrected chi connectivity index (χ4v) is 3.14. The van der Waals surface area contributed by atoms with Crippen molar-refractivity contribution < 1.29 is 4.74 Å². The Kier molecular flexibility index (Phi) is 3.44. The number of alkyl halides is 1. The Morgan fingerprint density at radius 2 is 1.93 bits per heavy atom. The first-order valence-electron chi connectivity index (χ1n) is 5.10. The van der Waals surface area contributed by atoms with Gasteiger partial charge in [-0.2, -0.15) is 0 Å². The van der Waals surface area contributed by atoms with Gasteiger partial charge >= 0.3 is 0 Å². The van der Waals surface area contributed by atoms with Crippen molar-refractivity contribution >= 4 is 22.6 Å². The number of rotatable bonds is 1. The fourth-order valence-electron chi connectivity index (χ4n) is 1.96. The Morgan fingerprint density at radius 1 is 1.21 bits per heavy atom. The van der Waals surface area contributed by atoms with Crippen molar-refractivity contribution in [3.05, 3.63) is 35.9 Å². The van der Waals surface area contributed by atoms with Crippen LogP contribution in [0.5, 0.6) is 0 Å². The van der Waals surface area contributed by atoms with E-state index in [1.165, 1.54) is 12.0 Å². The van der Waals surface area contributed by atoms with E-state index in [9.17, 15) is 0 Å². The van der Waals surface area contributed by atoms with Gasteiger partial charge in [0.15, 0.2) is 0 Å². The zero-order valence-electron chi connectivity index (χ0n) is 8.32. The molecule has 3 atom stereocenters. The van der Waals surface area contributed by atoms with Gasteiger partial charge in [-0.15, -0.1) is 0 Å². The molecule has 0 spiro atoms. The molecule has 0 bridgehead atoms. The van der Waals surface area contributed by atoms with Gasteiger partial charge in [0.05, 0.1) is 12.2 Å². The Bertz CT molecular complexity index is 276. The molecule has 0 aromatic heterocycles. The third-order valence-electron chi connectivity index (χ3n) is 2.63. The Labute approximate surface area is 99.0 Å². The van der Waals surface area contributed by atoms with Crippen LogP contribution in [0.1, 0.15) is 31.4 Å². The molecule has 1 nitrogen and oxygen atoms in total. The molecule has 2 rings (SSSR count). The van der Waals surface area contributed by atoms with Crippen LogP contribution in [0.3, 0.4) is 0 Å². The highest BCUT2D eigenvalue weighted by Gasteiger charge is 2.26. The molecular weight excluding hydrogens is 287 g/mol. The Hall–Kier alpha value is -0.0900. The van der Waals surface area contributed by atoms with Crippen LogP contribution >= 0.6 is 22.6 Å². The number of benzene rings is 1. The Balaban J connectivity index is 2.11. The van der Waals surface area contributed by atoms with E-state index in [0.29, 0.717) is 12.2 Å². The molecule has 14 heavy (non-hydrogen) atoms. The highest BCUT2D eigenvalue weighted by Crippen LogP contribution is 2.34. The molecule has 1 aliphatic heterocycles. The van der Waals surface area contributed by atoms with Crippen molar-refractivity contribution in [3.8, 4) is 0 Å². The molecule has 3 unspecified atom stereocenters. The van der Waals surface area contributed by atoms with Crippen LogP contribution in [-0.4, -0.2) is 10.0 Å². The van der Waals surface area contributed by atoms with Crippen LogP contribution in [0.2, 0.25) is 0 Å². The van der Waals surface area contributed by atoms with Crippen LogP contribution in [0.4, 0.5) is 0 Å². The average molecular weight is 302 g/mol. The van der Waals surface area contributed by atoms with Crippen LogP contribution in [0.25, 0.3) is 0 Å². The first-order chi connectivity index (χ1) is 6.75. The minimum atomic E-state index is 0.307. The quantitative estimate of drug-likeness (QED) is 0.567. The SMILES string of the molecule is CC1CC(I)CC(c2ccccc2)O1.